The summed E-state index contributed by atoms with van der Waals surface area (Å²) in [7, 11) is 0. The normalized spacial score (nSPS) is 8.50. The Labute approximate surface area is 89.8 Å². The molecule has 0 amide bonds. The first kappa shape index (κ1) is 11.4. The zero-order valence-corrected chi connectivity index (χ0v) is 7.96. The van der Waals surface area contributed by atoms with E-state index in [0.717, 1.165) is 6.33 Å². The van der Waals surface area contributed by atoms with Gasteiger partial charge in [-0.25, -0.2) is 15.0 Å². The second kappa shape index (κ2) is 6.76. The van der Waals surface area contributed by atoms with E-state index in [1.807, 2.05) is 0 Å². The van der Waals surface area contributed by atoms with Crippen molar-refractivity contribution in [2.75, 3.05) is 0 Å². The Morgan fingerprint density at radius 1 is 0.938 bits per heavy atom. The van der Waals surface area contributed by atoms with E-state index in [0.29, 0.717) is 12.6 Å². The molecule has 2 aromatic rings. The lowest BCUT2D eigenvalue weighted by molar-refractivity contribution is 0.111. The van der Waals surface area contributed by atoms with Gasteiger partial charge in [-0.2, -0.15) is 0 Å². The van der Waals surface area contributed by atoms with Gasteiger partial charge >= 0.3 is 0 Å². The van der Waals surface area contributed by atoms with Crippen LogP contribution in [0.4, 0.5) is 0 Å². The molecule has 0 aliphatic carbocycles. The van der Waals surface area contributed by atoms with Crippen molar-refractivity contribution in [3.63, 3.8) is 0 Å². The predicted octanol–water partition coefficient (Wildman–Crippen LogP) is -0.632. The van der Waals surface area contributed by atoms with Crippen LogP contribution in [0.5, 0.6) is 0 Å². The van der Waals surface area contributed by atoms with Gasteiger partial charge in [-0.3, -0.25) is 9.59 Å². The third kappa shape index (κ3) is 4.05. The van der Waals surface area contributed by atoms with Crippen LogP contribution >= 0.6 is 0 Å². The molecule has 80 valence electrons. The molecule has 2 rings (SSSR count). The zero-order chi connectivity index (χ0) is 11.6. The van der Waals surface area contributed by atoms with Crippen LogP contribution in [0.15, 0.2) is 24.8 Å². The van der Waals surface area contributed by atoms with Gasteiger partial charge in [0, 0.05) is 0 Å². The van der Waals surface area contributed by atoms with E-state index in [1.54, 1.807) is 18.5 Å². The van der Waals surface area contributed by atoms with Crippen molar-refractivity contribution in [3.8, 4) is 0 Å². The van der Waals surface area contributed by atoms with E-state index < -0.39 is 0 Å². The fourth-order valence-corrected chi connectivity index (χ4v) is 0.641. The topological polar surface area (TPSA) is 111 Å². The van der Waals surface area contributed by atoms with Gasteiger partial charge < -0.3 is 0 Å². The van der Waals surface area contributed by atoms with Crippen molar-refractivity contribution in [3.05, 3.63) is 36.4 Å². The second-order valence-corrected chi connectivity index (χ2v) is 2.25. The van der Waals surface area contributed by atoms with Gasteiger partial charge in [0.15, 0.2) is 24.2 Å². The second-order valence-electron chi connectivity index (χ2n) is 2.25. The van der Waals surface area contributed by atoms with Crippen LogP contribution in [0.3, 0.4) is 0 Å². The quantitative estimate of drug-likeness (QED) is 0.612. The summed E-state index contributed by atoms with van der Waals surface area (Å²) in [5, 5.41) is 10.1. The number of carbonyl (C=O) groups excluding carboxylic acids is 2. The van der Waals surface area contributed by atoms with Crippen LogP contribution in [0.2, 0.25) is 0 Å². The summed E-state index contributed by atoms with van der Waals surface area (Å²) in [6.45, 7) is 0. The third-order valence-corrected chi connectivity index (χ3v) is 1.23. The minimum Gasteiger partial charge on any atom is -0.294 e. The molecular weight excluding hydrogens is 212 g/mol. The Morgan fingerprint density at radius 3 is 1.81 bits per heavy atom. The summed E-state index contributed by atoms with van der Waals surface area (Å²) < 4.78 is 0. The largest absolute Gasteiger partial charge is 0.294 e. The standard InChI is InChI=1S/C5H3N3O2.C3H3N3/c9-1-4-6-3-7-5(2-10)8-4;1-2-4-6-5-3-1/h1-3H;1-3H. The van der Waals surface area contributed by atoms with E-state index in [1.165, 1.54) is 0 Å². The lowest BCUT2D eigenvalue weighted by atomic mass is 10.6. The molecule has 0 atom stereocenters. The van der Waals surface area contributed by atoms with Crippen molar-refractivity contribution in [2.24, 2.45) is 0 Å². The maximum absolute atomic E-state index is 10.0. The van der Waals surface area contributed by atoms with Crippen LogP contribution in [0.1, 0.15) is 21.2 Å². The summed E-state index contributed by atoms with van der Waals surface area (Å²) in [4.78, 5) is 30.4. The number of hydrogen-bond acceptors (Lipinski definition) is 8. The highest BCUT2D eigenvalue weighted by Crippen LogP contribution is 1.82. The molecule has 8 nitrogen and oxygen atoms in total. The van der Waals surface area contributed by atoms with Crippen molar-refractivity contribution < 1.29 is 9.59 Å². The predicted molar refractivity (Wildman–Crippen MR) is 50.4 cm³/mol. The lowest BCUT2D eigenvalue weighted by Gasteiger charge is -1.86. The number of aromatic nitrogens is 6. The van der Waals surface area contributed by atoms with Crippen molar-refractivity contribution in [1.29, 1.82) is 0 Å². The molecule has 0 radical (unpaired) electrons. The molecule has 0 aliphatic heterocycles. The zero-order valence-electron chi connectivity index (χ0n) is 7.96. The van der Waals surface area contributed by atoms with Crippen LogP contribution in [0.25, 0.3) is 0 Å². The van der Waals surface area contributed by atoms with Crippen LogP contribution in [-0.2, 0) is 0 Å². The first-order valence-electron chi connectivity index (χ1n) is 4.04. The first-order valence-corrected chi connectivity index (χ1v) is 4.04. The van der Waals surface area contributed by atoms with Crippen molar-refractivity contribution in [1.82, 2.24) is 30.4 Å². The molecule has 0 saturated carbocycles. The Balaban J connectivity index is 0.000000181. The Hall–Kier alpha value is -2.64. The first-order chi connectivity index (χ1) is 7.86. The summed E-state index contributed by atoms with van der Waals surface area (Å²) in [6.07, 6.45) is 5.17. The highest BCUT2D eigenvalue weighted by Gasteiger charge is 1.95. The van der Waals surface area contributed by atoms with Crippen molar-refractivity contribution >= 4 is 12.6 Å². The average Bonchev–Trinajstić information content (AvgIpc) is 2.41. The summed E-state index contributed by atoms with van der Waals surface area (Å²) >= 11 is 0. The van der Waals surface area contributed by atoms with Gasteiger partial charge in [-0.1, -0.05) is 0 Å². The molecule has 0 fully saturated rings. The molecule has 16 heavy (non-hydrogen) atoms. The summed E-state index contributed by atoms with van der Waals surface area (Å²) in [5.41, 5.74) is 0. The fourth-order valence-electron chi connectivity index (χ4n) is 0.641. The maximum atomic E-state index is 10.0. The van der Waals surface area contributed by atoms with Gasteiger partial charge in [0.1, 0.15) is 6.33 Å². The molecule has 0 saturated heterocycles. The fraction of sp³-hybridized carbons (Fsp3) is 0. The Morgan fingerprint density at radius 2 is 1.50 bits per heavy atom. The lowest BCUT2D eigenvalue weighted by Crippen LogP contribution is -1.99. The highest BCUT2D eigenvalue weighted by molar-refractivity contribution is 5.72. The van der Waals surface area contributed by atoms with Crippen molar-refractivity contribution in [2.45, 2.75) is 0 Å². The molecular formula is C8H6N6O2. The van der Waals surface area contributed by atoms with Gasteiger partial charge in [0.05, 0.1) is 12.4 Å². The Kier molecular flexibility index (Phi) is 4.83. The number of aldehydes is 2. The summed E-state index contributed by atoms with van der Waals surface area (Å²) in [5.74, 6) is -0.0609. The van der Waals surface area contributed by atoms with Gasteiger partial charge in [0.2, 0.25) is 0 Å². The molecule has 0 spiro atoms. The molecule has 8 heteroatoms. The van der Waals surface area contributed by atoms with E-state index >= 15 is 0 Å². The minimum atomic E-state index is -0.0305. The van der Waals surface area contributed by atoms with E-state index in [-0.39, 0.29) is 11.6 Å². The number of carbonyl (C=O) groups is 2. The van der Waals surface area contributed by atoms with Crippen LogP contribution in [-0.4, -0.2) is 42.9 Å². The molecule has 0 unspecified atom stereocenters. The third-order valence-electron chi connectivity index (χ3n) is 1.23. The summed E-state index contributed by atoms with van der Waals surface area (Å²) in [6, 6.07) is 1.72. The SMILES string of the molecule is O=Cc1ncnc(C=O)n1.c1cnnnc1. The Bertz CT molecular complexity index is 399. The van der Waals surface area contributed by atoms with Crippen LogP contribution < -0.4 is 0 Å². The average molecular weight is 218 g/mol. The van der Waals surface area contributed by atoms with E-state index in [4.69, 9.17) is 0 Å². The van der Waals surface area contributed by atoms with Gasteiger partial charge in [-0.05, 0) is 11.3 Å². The number of hydrogen-bond donors (Lipinski definition) is 0. The maximum Gasteiger partial charge on any atom is 0.196 e. The van der Waals surface area contributed by atoms with E-state index in [2.05, 4.69) is 30.4 Å². The number of rotatable bonds is 2. The van der Waals surface area contributed by atoms with Gasteiger partial charge in [0.25, 0.3) is 0 Å². The molecule has 2 heterocycles. The van der Waals surface area contributed by atoms with Crippen LogP contribution in [0, 0.1) is 0 Å². The minimum absolute atomic E-state index is 0.0305. The molecule has 2 aromatic heterocycles. The molecule has 0 aromatic carbocycles. The molecule has 0 bridgehead atoms. The molecule has 0 aliphatic rings. The number of nitrogens with zero attached hydrogens (tertiary/aromatic N) is 6. The van der Waals surface area contributed by atoms with E-state index in [9.17, 15) is 9.59 Å². The van der Waals surface area contributed by atoms with Gasteiger partial charge in [-0.15, -0.1) is 10.2 Å². The molecule has 0 N–H and O–H groups in total. The highest BCUT2D eigenvalue weighted by atomic mass is 16.1. The monoisotopic (exact) mass is 218 g/mol. The smallest absolute Gasteiger partial charge is 0.196 e.